The summed E-state index contributed by atoms with van der Waals surface area (Å²) in [7, 11) is 0. The Hall–Kier alpha value is -2.79. The molecule has 0 unspecified atom stereocenters. The van der Waals surface area contributed by atoms with E-state index >= 15 is 0 Å². The van der Waals surface area contributed by atoms with E-state index in [4.69, 9.17) is 4.74 Å². The molecule has 148 valence electrons. The second-order valence-corrected chi connectivity index (χ2v) is 7.43. The molecule has 0 aliphatic rings. The first-order valence-electron chi connectivity index (χ1n) is 8.90. The number of nitrogens with one attached hydrogen (secondary N) is 1. The van der Waals surface area contributed by atoms with Crippen molar-refractivity contribution < 1.29 is 14.3 Å². The number of aryl methyl sites for hydroxylation is 2. The van der Waals surface area contributed by atoms with E-state index in [-0.39, 0.29) is 23.7 Å². The average Bonchev–Trinajstić information content (AvgIpc) is 2.92. The lowest BCUT2D eigenvalue weighted by Crippen LogP contribution is -2.17. The van der Waals surface area contributed by atoms with Gasteiger partial charge in [-0.1, -0.05) is 18.7 Å². The van der Waals surface area contributed by atoms with Crippen molar-refractivity contribution in [2.45, 2.75) is 45.7 Å². The van der Waals surface area contributed by atoms with Gasteiger partial charge in [-0.05, 0) is 38.8 Å². The number of hydrogen-bond donors (Lipinski definition) is 1. The molecule has 0 atom stereocenters. The minimum Gasteiger partial charge on any atom is -0.457 e. The van der Waals surface area contributed by atoms with Gasteiger partial charge in [-0.3, -0.25) is 14.4 Å². The van der Waals surface area contributed by atoms with Crippen LogP contribution >= 0.6 is 11.8 Å². The van der Waals surface area contributed by atoms with Crippen LogP contribution in [0.4, 0.5) is 0 Å². The summed E-state index contributed by atoms with van der Waals surface area (Å²) < 4.78 is 7.16. The average molecular weight is 401 g/mol. The van der Waals surface area contributed by atoms with E-state index in [2.05, 4.69) is 16.5 Å². The minimum atomic E-state index is -0.591. The molecule has 0 saturated carbocycles. The number of H-pyrrole nitrogens is 1. The van der Waals surface area contributed by atoms with Crippen molar-refractivity contribution in [3.63, 3.8) is 0 Å². The van der Waals surface area contributed by atoms with Gasteiger partial charge < -0.3 is 14.3 Å². The van der Waals surface area contributed by atoms with E-state index in [1.165, 1.54) is 6.07 Å². The van der Waals surface area contributed by atoms with Gasteiger partial charge in [0.05, 0.1) is 16.3 Å². The monoisotopic (exact) mass is 401 g/mol. The van der Waals surface area contributed by atoms with Gasteiger partial charge in [-0.15, -0.1) is 0 Å². The maximum absolute atomic E-state index is 12.4. The summed E-state index contributed by atoms with van der Waals surface area (Å²) in [6.45, 7) is 8.04. The van der Waals surface area contributed by atoms with Crippen LogP contribution in [0.15, 0.2) is 22.0 Å². The molecule has 0 aliphatic carbocycles. The Morgan fingerprint density at radius 1 is 1.29 bits per heavy atom. The highest BCUT2D eigenvalue weighted by Gasteiger charge is 2.18. The lowest BCUT2D eigenvalue weighted by Gasteiger charge is -2.08. The second-order valence-electron chi connectivity index (χ2n) is 6.44. The Labute approximate surface area is 167 Å². The number of pyridine rings is 1. The quantitative estimate of drug-likeness (QED) is 0.414. The van der Waals surface area contributed by atoms with Crippen molar-refractivity contribution >= 4 is 23.5 Å². The molecule has 2 aromatic rings. The lowest BCUT2D eigenvalue weighted by atomic mass is 10.1. The summed E-state index contributed by atoms with van der Waals surface area (Å²) in [4.78, 5) is 38.5. The molecule has 0 radical (unpaired) electrons. The molecule has 0 spiro atoms. The van der Waals surface area contributed by atoms with Gasteiger partial charge in [-0.25, -0.2) is 0 Å². The third-order valence-corrected chi connectivity index (χ3v) is 5.31. The zero-order chi connectivity index (χ0) is 20.8. The third kappa shape index (κ3) is 4.93. The zero-order valence-corrected chi connectivity index (χ0v) is 17.2. The van der Waals surface area contributed by atoms with Crippen molar-refractivity contribution in [1.82, 2.24) is 9.55 Å². The van der Waals surface area contributed by atoms with E-state index in [0.717, 1.165) is 36.1 Å². The number of ether oxygens (including phenoxy) is 1. The molecule has 0 saturated heterocycles. The topological polar surface area (TPSA) is 105 Å². The standard InChI is InChI=1S/C20H23N3O4S/c1-5-6-23-13(3)8-15(14(23)4)17(24)10-27-19(26)11-28-20-16(9-21)12(2)7-18(25)22-20/h7-8H,5-6,10-11H2,1-4H3,(H,22,25). The molecule has 2 heterocycles. The molecule has 0 bridgehead atoms. The molecule has 0 aliphatic heterocycles. The van der Waals surface area contributed by atoms with Crippen molar-refractivity contribution in [2.75, 3.05) is 12.4 Å². The van der Waals surface area contributed by atoms with Gasteiger partial charge in [0.15, 0.2) is 6.61 Å². The number of carbonyl (C=O) groups is 2. The van der Waals surface area contributed by atoms with Crippen molar-refractivity contribution in [3.05, 3.63) is 50.6 Å². The predicted octanol–water partition coefficient (Wildman–Crippen LogP) is 2.90. The van der Waals surface area contributed by atoms with Gasteiger partial charge in [-0.2, -0.15) is 5.26 Å². The highest BCUT2D eigenvalue weighted by atomic mass is 32.2. The Kier molecular flexibility index (Phi) is 7.24. The Balaban J connectivity index is 1.97. The molecule has 2 rings (SSSR count). The summed E-state index contributed by atoms with van der Waals surface area (Å²) >= 11 is 1.00. The summed E-state index contributed by atoms with van der Waals surface area (Å²) in [6, 6.07) is 5.15. The highest BCUT2D eigenvalue weighted by molar-refractivity contribution is 7.99. The Bertz CT molecular complexity index is 998. The molecular formula is C20H23N3O4S. The number of nitriles is 1. The van der Waals surface area contributed by atoms with Crippen molar-refractivity contribution in [1.29, 1.82) is 5.26 Å². The maximum Gasteiger partial charge on any atom is 0.316 e. The van der Waals surface area contributed by atoms with Crippen LogP contribution in [-0.4, -0.2) is 33.7 Å². The number of ketones is 1. The van der Waals surface area contributed by atoms with Gasteiger partial charge in [0, 0.05) is 29.6 Å². The van der Waals surface area contributed by atoms with Crippen molar-refractivity contribution in [3.8, 4) is 6.07 Å². The number of esters is 1. The normalized spacial score (nSPS) is 10.5. The number of hydrogen-bond acceptors (Lipinski definition) is 6. The number of aromatic nitrogens is 2. The van der Waals surface area contributed by atoms with E-state index in [0.29, 0.717) is 21.7 Å². The van der Waals surface area contributed by atoms with E-state index in [1.807, 2.05) is 26.0 Å². The van der Waals surface area contributed by atoms with E-state index < -0.39 is 5.97 Å². The second kappa shape index (κ2) is 9.42. The Morgan fingerprint density at radius 3 is 2.64 bits per heavy atom. The highest BCUT2D eigenvalue weighted by Crippen LogP contribution is 2.21. The smallest absolute Gasteiger partial charge is 0.316 e. The fraction of sp³-hybridized carbons (Fsp3) is 0.400. The zero-order valence-electron chi connectivity index (χ0n) is 16.4. The molecule has 0 fully saturated rings. The fourth-order valence-corrected chi connectivity index (χ4v) is 3.82. The number of nitrogens with zero attached hydrogens (tertiary/aromatic N) is 2. The summed E-state index contributed by atoms with van der Waals surface area (Å²) in [6.07, 6.45) is 0.960. The molecule has 0 aromatic carbocycles. The Morgan fingerprint density at radius 2 is 2.00 bits per heavy atom. The molecule has 0 amide bonds. The number of carbonyl (C=O) groups excluding carboxylic acids is 2. The van der Waals surface area contributed by atoms with Crippen LogP contribution in [0.1, 0.15) is 46.2 Å². The van der Waals surface area contributed by atoms with Gasteiger partial charge in [0.1, 0.15) is 6.07 Å². The van der Waals surface area contributed by atoms with E-state index in [1.54, 1.807) is 6.92 Å². The largest absolute Gasteiger partial charge is 0.457 e. The van der Waals surface area contributed by atoms with Crippen LogP contribution in [-0.2, 0) is 16.1 Å². The molecule has 8 heteroatoms. The summed E-state index contributed by atoms with van der Waals surface area (Å²) in [5, 5.41) is 9.52. The van der Waals surface area contributed by atoms with Gasteiger partial charge in [0.2, 0.25) is 11.3 Å². The first-order valence-corrected chi connectivity index (χ1v) is 9.89. The first-order chi connectivity index (χ1) is 13.3. The number of thioether (sulfide) groups is 1. The predicted molar refractivity (Wildman–Crippen MR) is 107 cm³/mol. The number of rotatable bonds is 8. The maximum atomic E-state index is 12.4. The molecule has 7 nitrogen and oxygen atoms in total. The molecule has 1 N–H and O–H groups in total. The summed E-state index contributed by atoms with van der Waals surface area (Å²) in [5.74, 6) is -0.960. The van der Waals surface area contributed by atoms with Crippen LogP contribution in [0.25, 0.3) is 0 Å². The number of aromatic amines is 1. The SMILES string of the molecule is CCCn1c(C)cc(C(=O)COC(=O)CSc2[nH]c(=O)cc(C)c2C#N)c1C. The van der Waals surface area contributed by atoms with Gasteiger partial charge in [0.25, 0.3) is 0 Å². The number of Topliss-reactive ketones (excluding diaryl/α,β-unsaturated/α-hetero) is 1. The summed E-state index contributed by atoms with van der Waals surface area (Å²) in [5.41, 5.74) is 2.94. The third-order valence-electron chi connectivity index (χ3n) is 4.34. The molecule has 2 aromatic heterocycles. The van der Waals surface area contributed by atoms with E-state index in [9.17, 15) is 19.6 Å². The van der Waals surface area contributed by atoms with Crippen LogP contribution in [0.3, 0.4) is 0 Å². The van der Waals surface area contributed by atoms with Gasteiger partial charge >= 0.3 is 5.97 Å². The molecule has 28 heavy (non-hydrogen) atoms. The van der Waals surface area contributed by atoms with Crippen LogP contribution in [0.2, 0.25) is 0 Å². The first kappa shape index (κ1) is 21.5. The lowest BCUT2D eigenvalue weighted by molar-refractivity contribution is -0.139. The molecular weight excluding hydrogens is 378 g/mol. The fourth-order valence-electron chi connectivity index (χ4n) is 2.95. The van der Waals surface area contributed by atoms with Crippen LogP contribution in [0, 0.1) is 32.1 Å². The van der Waals surface area contributed by atoms with Crippen molar-refractivity contribution in [2.24, 2.45) is 0 Å². The van der Waals surface area contributed by atoms with Crippen LogP contribution in [0.5, 0.6) is 0 Å². The minimum absolute atomic E-state index is 0.115. The van der Waals surface area contributed by atoms with Crippen LogP contribution < -0.4 is 5.56 Å².